The molecule has 0 unspecified atom stereocenters. The predicted octanol–water partition coefficient (Wildman–Crippen LogP) is 0.454. The Morgan fingerprint density at radius 1 is 1.53 bits per heavy atom. The van der Waals surface area contributed by atoms with E-state index in [1.165, 1.54) is 7.05 Å². The summed E-state index contributed by atoms with van der Waals surface area (Å²) >= 11 is 0. The van der Waals surface area contributed by atoms with Crippen LogP contribution in [0.1, 0.15) is 37.0 Å². The Kier molecular flexibility index (Phi) is 4.54. The first-order valence-corrected chi connectivity index (χ1v) is 8.12. The van der Waals surface area contributed by atoms with Gasteiger partial charge < -0.3 is 4.52 Å². The molecule has 1 aliphatic rings. The Hall–Kier alpha value is -0.990. The highest BCUT2D eigenvalue weighted by molar-refractivity contribution is 7.89. The molecule has 1 aromatic rings. The zero-order valence-electron chi connectivity index (χ0n) is 11.3. The molecule has 0 amide bonds. The summed E-state index contributed by atoms with van der Waals surface area (Å²) in [6.07, 6.45) is 2.69. The number of nitrogens with zero attached hydrogens (tertiary/aromatic N) is 3. The highest BCUT2D eigenvalue weighted by atomic mass is 32.2. The summed E-state index contributed by atoms with van der Waals surface area (Å²) < 4.78 is 30.1. The zero-order chi connectivity index (χ0) is 13.9. The maximum Gasteiger partial charge on any atom is 0.223 e. The summed E-state index contributed by atoms with van der Waals surface area (Å²) in [6, 6.07) is 0.162. The lowest BCUT2D eigenvalue weighted by atomic mass is 10.2. The molecule has 108 valence electrons. The van der Waals surface area contributed by atoms with Crippen LogP contribution in [0, 0.1) is 6.92 Å². The molecule has 1 N–H and O–H groups in total. The molecular formula is C11H20N4O3S. The molecule has 0 saturated carbocycles. The van der Waals surface area contributed by atoms with Crippen LogP contribution in [0.2, 0.25) is 0 Å². The van der Waals surface area contributed by atoms with Crippen LogP contribution in [0.15, 0.2) is 4.52 Å². The molecule has 0 aliphatic carbocycles. The van der Waals surface area contributed by atoms with Gasteiger partial charge in [0.2, 0.25) is 15.9 Å². The van der Waals surface area contributed by atoms with E-state index in [1.807, 2.05) is 0 Å². The second kappa shape index (κ2) is 5.98. The van der Waals surface area contributed by atoms with Crippen LogP contribution < -0.4 is 4.72 Å². The molecule has 19 heavy (non-hydrogen) atoms. The van der Waals surface area contributed by atoms with Crippen molar-refractivity contribution in [2.24, 2.45) is 0 Å². The van der Waals surface area contributed by atoms with E-state index in [2.05, 4.69) is 19.8 Å². The van der Waals surface area contributed by atoms with Crippen molar-refractivity contribution in [2.75, 3.05) is 25.9 Å². The summed E-state index contributed by atoms with van der Waals surface area (Å²) in [5.41, 5.74) is 0. The fraction of sp³-hybridized carbons (Fsp3) is 0.818. The van der Waals surface area contributed by atoms with Gasteiger partial charge in [-0.1, -0.05) is 5.16 Å². The third-order valence-corrected chi connectivity index (χ3v) is 4.82. The molecule has 1 atom stereocenters. The summed E-state index contributed by atoms with van der Waals surface area (Å²) in [5.74, 6) is 1.43. The van der Waals surface area contributed by atoms with Crippen LogP contribution in [-0.4, -0.2) is 49.3 Å². The van der Waals surface area contributed by atoms with Crippen molar-refractivity contribution in [2.45, 2.75) is 32.2 Å². The van der Waals surface area contributed by atoms with E-state index in [-0.39, 0.29) is 11.8 Å². The normalized spacial score (nSPS) is 21.1. The van der Waals surface area contributed by atoms with Gasteiger partial charge in [-0.05, 0) is 39.4 Å². The van der Waals surface area contributed by atoms with E-state index >= 15 is 0 Å². The molecule has 1 aliphatic heterocycles. The van der Waals surface area contributed by atoms with Crippen LogP contribution in [0.25, 0.3) is 0 Å². The maximum atomic E-state index is 11.4. The van der Waals surface area contributed by atoms with Gasteiger partial charge in [0.1, 0.15) is 0 Å². The number of hydrogen-bond donors (Lipinski definition) is 1. The average Bonchev–Trinajstić information content (AvgIpc) is 2.97. The fourth-order valence-corrected chi connectivity index (χ4v) is 3.11. The van der Waals surface area contributed by atoms with Crippen LogP contribution in [-0.2, 0) is 10.0 Å². The van der Waals surface area contributed by atoms with E-state index < -0.39 is 10.0 Å². The third kappa shape index (κ3) is 3.74. The Morgan fingerprint density at radius 2 is 2.32 bits per heavy atom. The SMILES string of the molecule is CNS(=O)(=O)CCCN1CCC[C@H]1c1noc(C)n1. The molecule has 0 aromatic carbocycles. The Labute approximate surface area is 113 Å². The first-order chi connectivity index (χ1) is 9.02. The number of hydrogen-bond acceptors (Lipinski definition) is 6. The molecule has 2 rings (SSSR count). The Morgan fingerprint density at radius 3 is 2.95 bits per heavy atom. The molecule has 1 fully saturated rings. The van der Waals surface area contributed by atoms with Gasteiger partial charge in [0.05, 0.1) is 11.8 Å². The van der Waals surface area contributed by atoms with Crippen molar-refractivity contribution in [1.82, 2.24) is 19.8 Å². The summed E-state index contributed by atoms with van der Waals surface area (Å²) in [7, 11) is -1.68. The Bertz CT molecular complexity index is 514. The van der Waals surface area contributed by atoms with Crippen LogP contribution in [0.5, 0.6) is 0 Å². The van der Waals surface area contributed by atoms with Gasteiger partial charge in [-0.15, -0.1) is 0 Å². The van der Waals surface area contributed by atoms with E-state index in [4.69, 9.17) is 4.52 Å². The van der Waals surface area contributed by atoms with E-state index in [0.717, 1.165) is 25.9 Å². The minimum Gasteiger partial charge on any atom is -0.340 e. The summed E-state index contributed by atoms with van der Waals surface area (Å²) in [5, 5.41) is 3.96. The van der Waals surface area contributed by atoms with Crippen molar-refractivity contribution < 1.29 is 12.9 Å². The Balaban J connectivity index is 1.89. The highest BCUT2D eigenvalue weighted by Gasteiger charge is 2.29. The molecule has 1 aromatic heterocycles. The van der Waals surface area contributed by atoms with Crippen LogP contribution >= 0.6 is 0 Å². The zero-order valence-corrected chi connectivity index (χ0v) is 12.1. The number of likely N-dealkylation sites (tertiary alicyclic amines) is 1. The lowest BCUT2D eigenvalue weighted by Gasteiger charge is -2.21. The first kappa shape index (κ1) is 14.4. The minimum atomic E-state index is -3.12. The molecule has 2 heterocycles. The molecule has 0 spiro atoms. The molecule has 8 heteroatoms. The van der Waals surface area contributed by atoms with E-state index in [1.54, 1.807) is 6.92 Å². The van der Waals surface area contributed by atoms with Crippen molar-refractivity contribution >= 4 is 10.0 Å². The lowest BCUT2D eigenvalue weighted by Crippen LogP contribution is -2.29. The predicted molar refractivity (Wildman–Crippen MR) is 70.0 cm³/mol. The monoisotopic (exact) mass is 288 g/mol. The molecule has 7 nitrogen and oxygen atoms in total. The number of rotatable bonds is 6. The van der Waals surface area contributed by atoms with Gasteiger partial charge in [-0.2, -0.15) is 4.98 Å². The average molecular weight is 288 g/mol. The van der Waals surface area contributed by atoms with Gasteiger partial charge >= 0.3 is 0 Å². The fourth-order valence-electron chi connectivity index (χ4n) is 2.40. The van der Waals surface area contributed by atoms with Crippen molar-refractivity contribution in [3.8, 4) is 0 Å². The van der Waals surface area contributed by atoms with E-state index in [0.29, 0.717) is 18.1 Å². The number of aromatic nitrogens is 2. The quantitative estimate of drug-likeness (QED) is 0.818. The summed E-state index contributed by atoms with van der Waals surface area (Å²) in [4.78, 5) is 6.50. The molecular weight excluding hydrogens is 268 g/mol. The number of aryl methyl sites for hydroxylation is 1. The van der Waals surface area contributed by atoms with Crippen LogP contribution in [0.3, 0.4) is 0 Å². The maximum absolute atomic E-state index is 11.4. The largest absolute Gasteiger partial charge is 0.340 e. The van der Waals surface area contributed by atoms with E-state index in [9.17, 15) is 8.42 Å². The topological polar surface area (TPSA) is 88.3 Å². The highest BCUT2D eigenvalue weighted by Crippen LogP contribution is 2.29. The smallest absolute Gasteiger partial charge is 0.223 e. The number of nitrogens with one attached hydrogen (secondary N) is 1. The standard InChI is InChI=1S/C11H20N4O3S/c1-9-13-11(14-18-9)10-5-3-6-15(10)7-4-8-19(16,17)12-2/h10,12H,3-8H2,1-2H3/t10-/m0/s1. The number of sulfonamides is 1. The molecule has 0 radical (unpaired) electrons. The second-order valence-corrected chi connectivity index (χ2v) is 6.79. The van der Waals surface area contributed by atoms with Crippen LogP contribution in [0.4, 0.5) is 0 Å². The van der Waals surface area contributed by atoms with Crippen molar-refractivity contribution in [3.63, 3.8) is 0 Å². The third-order valence-electron chi connectivity index (χ3n) is 3.37. The molecule has 0 bridgehead atoms. The minimum absolute atomic E-state index is 0.151. The van der Waals surface area contributed by atoms with Gasteiger partial charge in [0.25, 0.3) is 0 Å². The van der Waals surface area contributed by atoms with Crippen molar-refractivity contribution in [1.29, 1.82) is 0 Å². The first-order valence-electron chi connectivity index (χ1n) is 6.47. The van der Waals surface area contributed by atoms with Gasteiger partial charge in [0, 0.05) is 6.92 Å². The summed E-state index contributed by atoms with van der Waals surface area (Å²) in [6.45, 7) is 3.46. The lowest BCUT2D eigenvalue weighted by molar-refractivity contribution is 0.243. The second-order valence-electron chi connectivity index (χ2n) is 4.74. The molecule has 1 saturated heterocycles. The van der Waals surface area contributed by atoms with Crippen molar-refractivity contribution in [3.05, 3.63) is 11.7 Å². The van der Waals surface area contributed by atoms with Gasteiger partial charge in [-0.25, -0.2) is 13.1 Å². The van der Waals surface area contributed by atoms with Gasteiger partial charge in [0.15, 0.2) is 5.82 Å². The van der Waals surface area contributed by atoms with Gasteiger partial charge in [-0.3, -0.25) is 4.90 Å².